The number of aryl methyl sites for hydroxylation is 1. The summed E-state index contributed by atoms with van der Waals surface area (Å²) < 4.78 is 0. The summed E-state index contributed by atoms with van der Waals surface area (Å²) in [4.78, 5) is 27.3. The molecule has 0 radical (unpaired) electrons. The van der Waals surface area contributed by atoms with E-state index in [9.17, 15) is 9.59 Å². The summed E-state index contributed by atoms with van der Waals surface area (Å²) in [5.41, 5.74) is 4.74. The van der Waals surface area contributed by atoms with Crippen molar-refractivity contribution in [3.05, 3.63) is 107 Å². The summed E-state index contributed by atoms with van der Waals surface area (Å²) in [5, 5.41) is 6.57. The van der Waals surface area contributed by atoms with Crippen LogP contribution in [0.2, 0.25) is 0 Å². The highest BCUT2D eigenvalue weighted by Gasteiger charge is 2.24. The average Bonchev–Trinajstić information content (AvgIpc) is 3.16. The quantitative estimate of drug-likeness (QED) is 0.347. The Morgan fingerprint density at radius 1 is 0.781 bits per heavy atom. The van der Waals surface area contributed by atoms with Crippen LogP contribution in [0.5, 0.6) is 0 Å². The summed E-state index contributed by atoms with van der Waals surface area (Å²) in [6, 6.07) is 26.7. The Balaban J connectivity index is 1.74. The van der Waals surface area contributed by atoms with Gasteiger partial charge in [0.2, 0.25) is 0 Å². The van der Waals surface area contributed by atoms with Gasteiger partial charge in [-0.05, 0) is 48.2 Å². The molecule has 2 amide bonds. The van der Waals surface area contributed by atoms with Crippen molar-refractivity contribution < 1.29 is 9.59 Å². The normalized spacial score (nSPS) is 10.6. The largest absolute Gasteiger partial charge is 0.322 e. The molecular formula is C27H24N2O2S. The molecule has 4 aromatic rings. The number of thiophene rings is 1. The van der Waals surface area contributed by atoms with Gasteiger partial charge in [0, 0.05) is 16.1 Å². The molecule has 0 unspecified atom stereocenters. The van der Waals surface area contributed by atoms with E-state index < -0.39 is 0 Å². The molecule has 0 aliphatic heterocycles. The van der Waals surface area contributed by atoms with Gasteiger partial charge in [0.05, 0.1) is 5.56 Å². The Labute approximate surface area is 191 Å². The maximum Gasteiger partial charge on any atom is 0.258 e. The molecule has 0 aliphatic rings. The van der Waals surface area contributed by atoms with Crippen molar-refractivity contribution in [2.75, 3.05) is 10.6 Å². The molecule has 0 spiro atoms. The summed E-state index contributed by atoms with van der Waals surface area (Å²) in [7, 11) is 0. The van der Waals surface area contributed by atoms with Crippen LogP contribution in [0.25, 0.3) is 10.4 Å². The van der Waals surface area contributed by atoms with Crippen LogP contribution in [-0.2, 0) is 6.42 Å². The second-order valence-electron chi connectivity index (χ2n) is 7.41. The molecule has 3 aromatic carbocycles. The number of hydrogen-bond acceptors (Lipinski definition) is 3. The fraction of sp³-hybridized carbons (Fsp3) is 0.111. The third-order valence-corrected chi connectivity index (χ3v) is 6.58. The number of rotatable bonds is 6. The van der Waals surface area contributed by atoms with Crippen molar-refractivity contribution in [2.45, 2.75) is 20.3 Å². The summed E-state index contributed by atoms with van der Waals surface area (Å²) >= 11 is 1.42. The molecule has 4 rings (SSSR count). The van der Waals surface area contributed by atoms with Gasteiger partial charge >= 0.3 is 0 Å². The highest BCUT2D eigenvalue weighted by molar-refractivity contribution is 7.20. The van der Waals surface area contributed by atoms with Crippen LogP contribution in [0.4, 0.5) is 10.7 Å². The molecule has 160 valence electrons. The minimum Gasteiger partial charge on any atom is -0.322 e. The predicted octanol–water partition coefficient (Wildman–Crippen LogP) is 6.79. The molecule has 32 heavy (non-hydrogen) atoms. The molecule has 0 bridgehead atoms. The van der Waals surface area contributed by atoms with Gasteiger partial charge < -0.3 is 10.6 Å². The lowest BCUT2D eigenvalue weighted by Crippen LogP contribution is -2.18. The lowest BCUT2D eigenvalue weighted by molar-refractivity contribution is 0.102. The summed E-state index contributed by atoms with van der Waals surface area (Å²) in [6.07, 6.45) is 0.811. The van der Waals surface area contributed by atoms with Crippen molar-refractivity contribution in [3.8, 4) is 10.4 Å². The summed E-state index contributed by atoms with van der Waals surface area (Å²) in [6.45, 7) is 3.98. The molecule has 0 aliphatic carbocycles. The van der Waals surface area contributed by atoms with Gasteiger partial charge in [-0.1, -0.05) is 73.7 Å². The Bertz CT molecular complexity index is 1250. The van der Waals surface area contributed by atoms with Gasteiger partial charge in [0.1, 0.15) is 5.00 Å². The van der Waals surface area contributed by atoms with E-state index >= 15 is 0 Å². The van der Waals surface area contributed by atoms with Gasteiger partial charge in [0.15, 0.2) is 0 Å². The second kappa shape index (κ2) is 9.62. The number of benzene rings is 3. The number of amides is 2. The molecule has 1 aromatic heterocycles. The highest BCUT2D eigenvalue weighted by Crippen LogP contribution is 2.40. The Morgan fingerprint density at radius 2 is 1.41 bits per heavy atom. The molecule has 0 fully saturated rings. The van der Waals surface area contributed by atoms with E-state index in [0.717, 1.165) is 33.7 Å². The SMILES string of the molecule is CCc1ccccc1NC(=O)c1c(NC(=O)c2ccccc2)sc(-c2ccccc2)c1C. The molecule has 4 nitrogen and oxygen atoms in total. The average molecular weight is 441 g/mol. The fourth-order valence-corrected chi connectivity index (χ4v) is 4.84. The first-order chi connectivity index (χ1) is 15.6. The number of anilines is 2. The lowest BCUT2D eigenvalue weighted by atomic mass is 10.1. The Hall–Kier alpha value is -3.70. The van der Waals surface area contributed by atoms with E-state index in [1.54, 1.807) is 12.1 Å². The topological polar surface area (TPSA) is 58.2 Å². The van der Waals surface area contributed by atoms with Crippen molar-refractivity contribution in [3.63, 3.8) is 0 Å². The van der Waals surface area contributed by atoms with Crippen LogP contribution >= 0.6 is 11.3 Å². The Morgan fingerprint density at radius 3 is 2.09 bits per heavy atom. The minimum atomic E-state index is -0.241. The van der Waals surface area contributed by atoms with E-state index in [0.29, 0.717) is 16.1 Å². The summed E-state index contributed by atoms with van der Waals surface area (Å²) in [5.74, 6) is -0.473. The first kappa shape index (κ1) is 21.5. The van der Waals surface area contributed by atoms with Gasteiger partial charge in [0.25, 0.3) is 11.8 Å². The number of carbonyl (C=O) groups is 2. The maximum absolute atomic E-state index is 13.4. The van der Waals surface area contributed by atoms with Crippen molar-refractivity contribution >= 4 is 33.8 Å². The van der Waals surface area contributed by atoms with Crippen LogP contribution in [0.1, 0.15) is 38.8 Å². The van der Waals surface area contributed by atoms with Crippen LogP contribution in [0.15, 0.2) is 84.9 Å². The predicted molar refractivity (Wildman–Crippen MR) is 133 cm³/mol. The number of nitrogens with one attached hydrogen (secondary N) is 2. The first-order valence-electron chi connectivity index (χ1n) is 10.5. The number of carbonyl (C=O) groups excluding carboxylic acids is 2. The first-order valence-corrected chi connectivity index (χ1v) is 11.3. The van der Waals surface area contributed by atoms with E-state index in [1.165, 1.54) is 11.3 Å². The lowest BCUT2D eigenvalue weighted by Gasteiger charge is -2.11. The smallest absolute Gasteiger partial charge is 0.258 e. The molecule has 0 saturated heterocycles. The zero-order chi connectivity index (χ0) is 22.5. The van der Waals surface area contributed by atoms with Crippen LogP contribution < -0.4 is 10.6 Å². The highest BCUT2D eigenvalue weighted by atomic mass is 32.1. The monoisotopic (exact) mass is 440 g/mol. The van der Waals surface area contributed by atoms with E-state index in [4.69, 9.17) is 0 Å². The van der Waals surface area contributed by atoms with Crippen LogP contribution in [0, 0.1) is 6.92 Å². The van der Waals surface area contributed by atoms with Gasteiger partial charge in [-0.25, -0.2) is 0 Å². The molecule has 2 N–H and O–H groups in total. The molecule has 1 heterocycles. The van der Waals surface area contributed by atoms with Gasteiger partial charge in [-0.3, -0.25) is 9.59 Å². The number of hydrogen-bond donors (Lipinski definition) is 2. The minimum absolute atomic E-state index is 0.231. The Kier molecular flexibility index (Phi) is 6.47. The standard InChI is InChI=1S/C27H24N2O2S/c1-3-19-12-10-11-17-22(19)28-26(31)23-18(2)24(20-13-6-4-7-14-20)32-27(23)29-25(30)21-15-8-5-9-16-21/h4-17H,3H2,1-2H3,(H,28,31)(H,29,30). The van der Waals surface area contributed by atoms with Crippen molar-refractivity contribution in [1.29, 1.82) is 0 Å². The van der Waals surface area contributed by atoms with Gasteiger partial charge in [-0.15, -0.1) is 11.3 Å². The molecule has 0 atom stereocenters. The number of para-hydroxylation sites is 1. The third-order valence-electron chi connectivity index (χ3n) is 5.32. The molecule has 5 heteroatoms. The van der Waals surface area contributed by atoms with Gasteiger partial charge in [-0.2, -0.15) is 0 Å². The zero-order valence-electron chi connectivity index (χ0n) is 18.0. The third kappa shape index (κ3) is 4.48. The molecular weight excluding hydrogens is 416 g/mol. The van der Waals surface area contributed by atoms with E-state index in [-0.39, 0.29) is 11.8 Å². The van der Waals surface area contributed by atoms with Crippen LogP contribution in [0.3, 0.4) is 0 Å². The van der Waals surface area contributed by atoms with E-state index in [2.05, 4.69) is 17.6 Å². The van der Waals surface area contributed by atoms with E-state index in [1.807, 2.05) is 79.7 Å². The zero-order valence-corrected chi connectivity index (χ0v) is 18.8. The maximum atomic E-state index is 13.4. The second-order valence-corrected chi connectivity index (χ2v) is 8.43. The molecule has 0 saturated carbocycles. The van der Waals surface area contributed by atoms with Crippen molar-refractivity contribution in [1.82, 2.24) is 0 Å². The fourth-order valence-electron chi connectivity index (χ4n) is 3.64. The van der Waals surface area contributed by atoms with Crippen LogP contribution in [-0.4, -0.2) is 11.8 Å². The van der Waals surface area contributed by atoms with Crippen molar-refractivity contribution in [2.24, 2.45) is 0 Å².